The van der Waals surface area contributed by atoms with Gasteiger partial charge >= 0.3 is 6.18 Å². The molecule has 28 heavy (non-hydrogen) atoms. The molecule has 1 aromatic carbocycles. The summed E-state index contributed by atoms with van der Waals surface area (Å²) >= 11 is 0. The molecule has 0 saturated carbocycles. The molecule has 0 spiro atoms. The van der Waals surface area contributed by atoms with Crippen LogP contribution in [0.2, 0.25) is 0 Å². The van der Waals surface area contributed by atoms with Crippen LogP contribution in [0.5, 0.6) is 0 Å². The SMILES string of the molecule is Cc1cccc(N2N=C(C(=O)NCC3CCN(CC(F)(F)F)C3)CCC2=O)c1. The molecule has 1 atom stereocenters. The minimum atomic E-state index is -4.21. The van der Waals surface area contributed by atoms with E-state index in [-0.39, 0.29) is 36.3 Å². The zero-order valence-corrected chi connectivity index (χ0v) is 15.6. The van der Waals surface area contributed by atoms with Crippen molar-refractivity contribution >= 4 is 23.2 Å². The van der Waals surface area contributed by atoms with Crippen molar-refractivity contribution < 1.29 is 22.8 Å². The summed E-state index contributed by atoms with van der Waals surface area (Å²) in [6, 6.07) is 7.28. The molecular formula is C19H23F3N4O2. The fourth-order valence-corrected chi connectivity index (χ4v) is 3.49. The smallest absolute Gasteiger partial charge is 0.351 e. The highest BCUT2D eigenvalue weighted by Crippen LogP contribution is 2.23. The van der Waals surface area contributed by atoms with E-state index in [1.807, 2.05) is 25.1 Å². The fourth-order valence-electron chi connectivity index (χ4n) is 3.49. The highest BCUT2D eigenvalue weighted by atomic mass is 19.4. The van der Waals surface area contributed by atoms with Crippen molar-refractivity contribution in [1.82, 2.24) is 10.2 Å². The number of benzene rings is 1. The summed E-state index contributed by atoms with van der Waals surface area (Å²) in [5.74, 6) is -0.579. The number of halogens is 3. The van der Waals surface area contributed by atoms with E-state index in [0.29, 0.717) is 31.7 Å². The molecule has 2 aliphatic rings. The van der Waals surface area contributed by atoms with Gasteiger partial charge in [-0.3, -0.25) is 14.5 Å². The Bertz CT molecular complexity index is 779. The molecule has 0 aromatic heterocycles. The molecule has 6 nitrogen and oxygen atoms in total. The molecule has 2 heterocycles. The predicted octanol–water partition coefficient (Wildman–Crippen LogP) is 2.48. The van der Waals surface area contributed by atoms with Gasteiger partial charge in [0.2, 0.25) is 5.91 Å². The van der Waals surface area contributed by atoms with Crippen molar-refractivity contribution in [2.45, 2.75) is 32.4 Å². The quantitative estimate of drug-likeness (QED) is 0.832. The van der Waals surface area contributed by atoms with E-state index in [4.69, 9.17) is 0 Å². The van der Waals surface area contributed by atoms with Gasteiger partial charge in [0.05, 0.1) is 12.2 Å². The van der Waals surface area contributed by atoms with Crippen LogP contribution in [0.1, 0.15) is 24.8 Å². The first-order valence-corrected chi connectivity index (χ1v) is 9.26. The maximum atomic E-state index is 12.5. The Morgan fingerprint density at radius 2 is 2.11 bits per heavy atom. The van der Waals surface area contributed by atoms with E-state index in [1.54, 1.807) is 6.07 Å². The molecule has 2 aliphatic heterocycles. The van der Waals surface area contributed by atoms with Crippen molar-refractivity contribution in [3.8, 4) is 0 Å². The van der Waals surface area contributed by atoms with Gasteiger partial charge in [0.25, 0.3) is 5.91 Å². The Hall–Kier alpha value is -2.42. The first-order chi connectivity index (χ1) is 13.2. The summed E-state index contributed by atoms with van der Waals surface area (Å²) in [6.45, 7) is 1.96. The van der Waals surface area contributed by atoms with Crippen LogP contribution in [0.3, 0.4) is 0 Å². The third kappa shape index (κ3) is 5.31. The summed E-state index contributed by atoms with van der Waals surface area (Å²) in [5, 5.41) is 8.21. The number of hydrazone groups is 1. The largest absolute Gasteiger partial charge is 0.401 e. The average Bonchev–Trinajstić information content (AvgIpc) is 3.05. The highest BCUT2D eigenvalue weighted by Gasteiger charge is 2.34. The van der Waals surface area contributed by atoms with Gasteiger partial charge in [0.1, 0.15) is 5.71 Å². The van der Waals surface area contributed by atoms with Gasteiger partial charge in [-0.2, -0.15) is 18.3 Å². The van der Waals surface area contributed by atoms with Gasteiger partial charge in [-0.05, 0) is 43.5 Å². The number of alkyl halides is 3. The van der Waals surface area contributed by atoms with E-state index >= 15 is 0 Å². The number of anilines is 1. The number of amides is 2. The third-order valence-electron chi connectivity index (χ3n) is 4.87. The third-order valence-corrected chi connectivity index (χ3v) is 4.87. The number of nitrogens with one attached hydrogen (secondary N) is 1. The van der Waals surface area contributed by atoms with Crippen LogP contribution in [-0.4, -0.2) is 54.8 Å². The van der Waals surface area contributed by atoms with E-state index in [9.17, 15) is 22.8 Å². The molecule has 0 aliphatic carbocycles. The maximum absolute atomic E-state index is 12.5. The number of hydrogen-bond donors (Lipinski definition) is 1. The summed E-state index contributed by atoms with van der Waals surface area (Å²) in [5.41, 5.74) is 1.83. The lowest BCUT2D eigenvalue weighted by Gasteiger charge is -2.23. The van der Waals surface area contributed by atoms with Crippen LogP contribution in [0.25, 0.3) is 0 Å². The fraction of sp³-hybridized carbons (Fsp3) is 0.526. The average molecular weight is 396 g/mol. The van der Waals surface area contributed by atoms with Gasteiger partial charge in [-0.15, -0.1) is 0 Å². The maximum Gasteiger partial charge on any atom is 0.401 e. The van der Waals surface area contributed by atoms with Crippen molar-refractivity contribution in [1.29, 1.82) is 0 Å². The van der Waals surface area contributed by atoms with Gasteiger partial charge in [-0.25, -0.2) is 5.01 Å². The Morgan fingerprint density at radius 1 is 1.32 bits per heavy atom. The van der Waals surface area contributed by atoms with Crippen LogP contribution >= 0.6 is 0 Å². The number of likely N-dealkylation sites (tertiary alicyclic amines) is 1. The van der Waals surface area contributed by atoms with Gasteiger partial charge in [-0.1, -0.05) is 12.1 Å². The van der Waals surface area contributed by atoms with Crippen molar-refractivity contribution in [3.63, 3.8) is 0 Å². The molecule has 2 amide bonds. The Balaban J connectivity index is 1.57. The predicted molar refractivity (Wildman–Crippen MR) is 98.9 cm³/mol. The molecule has 1 fully saturated rings. The minimum absolute atomic E-state index is 0.0231. The van der Waals surface area contributed by atoms with Gasteiger partial charge in [0.15, 0.2) is 0 Å². The Kier molecular flexibility index (Phi) is 6.02. The van der Waals surface area contributed by atoms with Crippen LogP contribution in [0.4, 0.5) is 18.9 Å². The lowest BCUT2D eigenvalue weighted by Crippen LogP contribution is -2.41. The standard InChI is InChI=1S/C19H23F3N4O2/c1-13-3-2-4-15(9-13)26-17(27)6-5-16(24-26)18(28)23-10-14-7-8-25(11-14)12-19(20,21)22/h2-4,9,14H,5-8,10-12H2,1H3,(H,23,28). The number of carbonyl (C=O) groups excluding carboxylic acids is 2. The second-order valence-electron chi connectivity index (χ2n) is 7.31. The lowest BCUT2D eigenvalue weighted by molar-refractivity contribution is -0.143. The summed E-state index contributed by atoms with van der Waals surface area (Å²) in [7, 11) is 0. The molecule has 1 N–H and O–H groups in total. The van der Waals surface area contributed by atoms with E-state index in [2.05, 4.69) is 10.4 Å². The van der Waals surface area contributed by atoms with E-state index in [0.717, 1.165) is 5.56 Å². The molecule has 1 unspecified atom stereocenters. The minimum Gasteiger partial charge on any atom is -0.351 e. The monoisotopic (exact) mass is 396 g/mol. The first kappa shape index (κ1) is 20.3. The highest BCUT2D eigenvalue weighted by molar-refractivity contribution is 6.40. The molecule has 9 heteroatoms. The van der Waals surface area contributed by atoms with Crippen LogP contribution in [0, 0.1) is 12.8 Å². The number of carbonyl (C=O) groups is 2. The molecule has 3 rings (SSSR count). The molecule has 152 valence electrons. The normalized spacial score (nSPS) is 21.0. The van der Waals surface area contributed by atoms with Crippen molar-refractivity contribution in [2.24, 2.45) is 11.0 Å². The zero-order valence-electron chi connectivity index (χ0n) is 15.6. The number of hydrogen-bond acceptors (Lipinski definition) is 4. The van der Waals surface area contributed by atoms with Crippen molar-refractivity contribution in [2.75, 3.05) is 31.2 Å². The second kappa shape index (κ2) is 8.30. The summed E-state index contributed by atoms with van der Waals surface area (Å²) < 4.78 is 37.4. The van der Waals surface area contributed by atoms with E-state index < -0.39 is 12.7 Å². The van der Waals surface area contributed by atoms with Crippen LogP contribution < -0.4 is 10.3 Å². The zero-order chi connectivity index (χ0) is 20.3. The number of aryl methyl sites for hydroxylation is 1. The lowest BCUT2D eigenvalue weighted by atomic mass is 10.1. The van der Waals surface area contributed by atoms with Crippen LogP contribution in [-0.2, 0) is 9.59 Å². The molecule has 0 bridgehead atoms. The topological polar surface area (TPSA) is 65.0 Å². The molecule has 1 saturated heterocycles. The van der Waals surface area contributed by atoms with Gasteiger partial charge in [0, 0.05) is 25.9 Å². The van der Waals surface area contributed by atoms with Crippen molar-refractivity contribution in [3.05, 3.63) is 29.8 Å². The van der Waals surface area contributed by atoms with E-state index in [1.165, 1.54) is 9.91 Å². The number of nitrogens with zero attached hydrogens (tertiary/aromatic N) is 3. The molecule has 1 aromatic rings. The summed E-state index contributed by atoms with van der Waals surface area (Å²) in [6.07, 6.45) is -3.17. The molecule has 0 radical (unpaired) electrons. The summed E-state index contributed by atoms with van der Waals surface area (Å²) in [4.78, 5) is 26.0. The Morgan fingerprint density at radius 3 is 2.82 bits per heavy atom. The first-order valence-electron chi connectivity index (χ1n) is 9.26. The number of rotatable bonds is 5. The second-order valence-corrected chi connectivity index (χ2v) is 7.31. The van der Waals surface area contributed by atoms with Crippen LogP contribution in [0.15, 0.2) is 29.4 Å². The van der Waals surface area contributed by atoms with Gasteiger partial charge < -0.3 is 5.32 Å². The Labute approximate surface area is 161 Å². The molecular weight excluding hydrogens is 373 g/mol.